The summed E-state index contributed by atoms with van der Waals surface area (Å²) in [6, 6.07) is 13.0. The van der Waals surface area contributed by atoms with Crippen molar-refractivity contribution in [1.29, 1.82) is 0 Å². The van der Waals surface area contributed by atoms with Crippen molar-refractivity contribution in [1.82, 2.24) is 9.88 Å². The van der Waals surface area contributed by atoms with Crippen LogP contribution >= 0.6 is 0 Å². The maximum absolute atomic E-state index is 10.6. The van der Waals surface area contributed by atoms with Gasteiger partial charge in [0.1, 0.15) is 0 Å². The van der Waals surface area contributed by atoms with Gasteiger partial charge in [0.15, 0.2) is 0 Å². The van der Waals surface area contributed by atoms with E-state index in [0.29, 0.717) is 11.8 Å². The first-order valence-electron chi connectivity index (χ1n) is 11.5. The zero-order chi connectivity index (χ0) is 21.5. The molecule has 4 heteroatoms. The van der Waals surface area contributed by atoms with Crippen LogP contribution in [0, 0.1) is 12.8 Å². The molecule has 0 bridgehead atoms. The highest BCUT2D eigenvalue weighted by atomic mass is 16.3. The van der Waals surface area contributed by atoms with Gasteiger partial charge in [-0.05, 0) is 101 Å². The molecule has 2 atom stereocenters. The molecule has 4 nitrogen and oxygen atoms in total. The number of likely N-dealkylation sites (tertiary alicyclic amines) is 1. The molecule has 2 aliphatic rings. The summed E-state index contributed by atoms with van der Waals surface area (Å²) in [5.41, 5.74) is 5.12. The lowest BCUT2D eigenvalue weighted by Gasteiger charge is -2.35. The third kappa shape index (κ3) is 6.37. The van der Waals surface area contributed by atoms with Crippen molar-refractivity contribution in [3.63, 3.8) is 0 Å². The Morgan fingerprint density at radius 2 is 1.77 bits per heavy atom. The number of benzene rings is 1. The van der Waals surface area contributed by atoms with Gasteiger partial charge in [0.25, 0.3) is 0 Å². The van der Waals surface area contributed by atoms with Gasteiger partial charge in [0.2, 0.25) is 0 Å². The van der Waals surface area contributed by atoms with Crippen LogP contribution < -0.4 is 0 Å². The van der Waals surface area contributed by atoms with Crippen molar-refractivity contribution >= 4 is 0 Å². The van der Waals surface area contributed by atoms with Gasteiger partial charge in [0.05, 0.1) is 11.8 Å². The minimum Gasteiger partial charge on any atom is -0.394 e. The van der Waals surface area contributed by atoms with Crippen molar-refractivity contribution < 1.29 is 10.2 Å². The molecular formula is C26H38N2O2. The lowest BCUT2D eigenvalue weighted by atomic mass is 9.86. The summed E-state index contributed by atoms with van der Waals surface area (Å²) >= 11 is 0. The summed E-state index contributed by atoms with van der Waals surface area (Å²) in [5, 5.41) is 18.6. The summed E-state index contributed by atoms with van der Waals surface area (Å²) in [6.45, 7) is 9.15. The van der Waals surface area contributed by atoms with Crippen LogP contribution in [0.2, 0.25) is 0 Å². The second kappa shape index (κ2) is 11.0. The number of aromatic nitrogens is 1. The van der Waals surface area contributed by atoms with Crippen molar-refractivity contribution in [2.45, 2.75) is 71.0 Å². The maximum atomic E-state index is 10.6. The van der Waals surface area contributed by atoms with Gasteiger partial charge in [-0.1, -0.05) is 30.3 Å². The fourth-order valence-electron chi connectivity index (χ4n) is 4.87. The minimum absolute atomic E-state index is 0.167. The van der Waals surface area contributed by atoms with Crippen LogP contribution in [0.25, 0.3) is 0 Å². The fourth-order valence-corrected chi connectivity index (χ4v) is 4.87. The number of nitrogens with zero attached hydrogens (tertiary/aromatic N) is 2. The Bertz CT molecular complexity index is 781. The van der Waals surface area contributed by atoms with Crippen molar-refractivity contribution in [3.8, 4) is 0 Å². The number of pyridine rings is 1. The number of fused-ring (bicyclic) bond motifs is 1. The SMILES string of the molecule is CC(C)O.Cc1ccccc1C1CCN(C[C@@H]2CCc3cccnc3C(O)C2)CC1. The van der Waals surface area contributed by atoms with Gasteiger partial charge in [-0.15, -0.1) is 0 Å². The first-order chi connectivity index (χ1) is 14.4. The summed E-state index contributed by atoms with van der Waals surface area (Å²) in [6.07, 6.45) is 6.80. The Kier molecular flexibility index (Phi) is 8.43. The van der Waals surface area contributed by atoms with E-state index in [0.717, 1.165) is 31.5 Å². The molecule has 164 valence electrons. The van der Waals surface area contributed by atoms with E-state index in [1.807, 2.05) is 6.07 Å². The van der Waals surface area contributed by atoms with Gasteiger partial charge in [0, 0.05) is 18.8 Å². The number of aliphatic hydroxyl groups is 2. The molecule has 0 amide bonds. The van der Waals surface area contributed by atoms with E-state index >= 15 is 0 Å². The highest BCUT2D eigenvalue weighted by molar-refractivity contribution is 5.29. The van der Waals surface area contributed by atoms with E-state index in [-0.39, 0.29) is 6.10 Å². The van der Waals surface area contributed by atoms with Crippen molar-refractivity contribution in [3.05, 3.63) is 65.0 Å². The predicted octanol–water partition coefficient (Wildman–Crippen LogP) is 4.64. The summed E-state index contributed by atoms with van der Waals surface area (Å²) < 4.78 is 0. The molecule has 1 aromatic heterocycles. The predicted molar refractivity (Wildman–Crippen MR) is 123 cm³/mol. The van der Waals surface area contributed by atoms with E-state index in [1.165, 1.54) is 37.1 Å². The largest absolute Gasteiger partial charge is 0.394 e. The van der Waals surface area contributed by atoms with Gasteiger partial charge >= 0.3 is 0 Å². The van der Waals surface area contributed by atoms with E-state index in [1.54, 1.807) is 25.6 Å². The third-order valence-electron chi connectivity index (χ3n) is 6.35. The monoisotopic (exact) mass is 410 g/mol. The average molecular weight is 411 g/mol. The van der Waals surface area contributed by atoms with Crippen LogP contribution in [-0.2, 0) is 6.42 Å². The Balaban J connectivity index is 0.000000589. The first-order valence-corrected chi connectivity index (χ1v) is 11.5. The maximum Gasteiger partial charge on any atom is 0.0965 e. The number of aliphatic hydroxyl groups excluding tert-OH is 2. The van der Waals surface area contributed by atoms with Gasteiger partial charge in [-0.25, -0.2) is 0 Å². The highest BCUT2D eigenvalue weighted by Gasteiger charge is 2.27. The zero-order valence-corrected chi connectivity index (χ0v) is 18.8. The van der Waals surface area contributed by atoms with Crippen molar-refractivity contribution in [2.24, 2.45) is 5.92 Å². The quantitative estimate of drug-likeness (QED) is 0.724. The van der Waals surface area contributed by atoms with Crippen LogP contribution in [0.5, 0.6) is 0 Å². The lowest BCUT2D eigenvalue weighted by Crippen LogP contribution is -2.37. The Morgan fingerprint density at radius 1 is 1.07 bits per heavy atom. The van der Waals surface area contributed by atoms with E-state index in [4.69, 9.17) is 5.11 Å². The van der Waals surface area contributed by atoms with Crippen LogP contribution in [0.1, 0.15) is 73.9 Å². The Labute approximate surface area is 182 Å². The lowest BCUT2D eigenvalue weighted by molar-refractivity contribution is 0.114. The summed E-state index contributed by atoms with van der Waals surface area (Å²) in [5.74, 6) is 1.27. The minimum atomic E-state index is -0.400. The molecule has 0 spiro atoms. The number of hydrogen-bond acceptors (Lipinski definition) is 4. The molecular weight excluding hydrogens is 372 g/mol. The third-order valence-corrected chi connectivity index (χ3v) is 6.35. The van der Waals surface area contributed by atoms with Crippen LogP contribution in [0.3, 0.4) is 0 Å². The molecule has 1 unspecified atom stereocenters. The van der Waals surface area contributed by atoms with Crippen LogP contribution in [0.15, 0.2) is 42.6 Å². The molecule has 1 saturated heterocycles. The molecule has 2 aromatic rings. The molecule has 1 aliphatic carbocycles. The van der Waals surface area contributed by atoms with E-state index < -0.39 is 6.10 Å². The van der Waals surface area contributed by atoms with E-state index in [2.05, 4.69) is 47.1 Å². The standard InChI is InChI=1S/C23H30N2O.C3H8O/c1-17-5-2-3-7-21(17)19-10-13-25(14-11-19)16-18-8-9-20-6-4-12-24-23(20)22(26)15-18;1-3(2)4/h2-7,12,18-19,22,26H,8-11,13-16H2,1H3;3-4H,1-2H3/t18-,22?;/m1./s1. The van der Waals surface area contributed by atoms with Gasteiger partial charge < -0.3 is 15.1 Å². The summed E-state index contributed by atoms with van der Waals surface area (Å²) in [7, 11) is 0. The highest BCUT2D eigenvalue weighted by Crippen LogP contribution is 2.33. The van der Waals surface area contributed by atoms with Gasteiger partial charge in [-0.2, -0.15) is 0 Å². The second-order valence-electron chi connectivity index (χ2n) is 9.23. The Morgan fingerprint density at radius 3 is 2.47 bits per heavy atom. The van der Waals surface area contributed by atoms with Crippen LogP contribution in [0.4, 0.5) is 0 Å². The number of hydrogen-bond donors (Lipinski definition) is 2. The molecule has 1 aliphatic heterocycles. The molecule has 1 fully saturated rings. The topological polar surface area (TPSA) is 56.6 Å². The molecule has 30 heavy (non-hydrogen) atoms. The molecule has 2 heterocycles. The van der Waals surface area contributed by atoms with Crippen LogP contribution in [-0.4, -0.2) is 45.8 Å². The molecule has 1 aromatic carbocycles. The van der Waals surface area contributed by atoms with Gasteiger partial charge in [-0.3, -0.25) is 4.98 Å². The molecule has 0 radical (unpaired) electrons. The zero-order valence-electron chi connectivity index (χ0n) is 18.8. The number of aryl methyl sites for hydroxylation is 2. The number of rotatable bonds is 3. The second-order valence-corrected chi connectivity index (χ2v) is 9.23. The first kappa shape index (κ1) is 22.9. The smallest absolute Gasteiger partial charge is 0.0965 e. The Hall–Kier alpha value is -1.75. The number of piperidine rings is 1. The summed E-state index contributed by atoms with van der Waals surface area (Å²) in [4.78, 5) is 7.05. The normalized spacial score (nSPS) is 22.7. The van der Waals surface area contributed by atoms with E-state index in [9.17, 15) is 5.11 Å². The molecule has 0 saturated carbocycles. The fraction of sp³-hybridized carbons (Fsp3) is 0.577. The van der Waals surface area contributed by atoms with Crippen molar-refractivity contribution in [2.75, 3.05) is 19.6 Å². The molecule has 2 N–H and O–H groups in total. The average Bonchev–Trinajstić information content (AvgIpc) is 2.88. The molecule has 4 rings (SSSR count).